The number of benzene rings is 2. The number of aromatic amines is 2. The zero-order valence-electron chi connectivity index (χ0n) is 32.1. The molecule has 6 atom stereocenters. The van der Waals surface area contributed by atoms with Gasteiger partial charge in [0.15, 0.2) is 0 Å². The fourth-order valence-electron chi connectivity index (χ4n) is 6.67. The topological polar surface area (TPSA) is 277 Å². The lowest BCUT2D eigenvalue weighted by Gasteiger charge is -2.26. The van der Waals surface area contributed by atoms with Crippen molar-refractivity contribution >= 4 is 52.6 Å². The van der Waals surface area contributed by atoms with E-state index >= 15 is 0 Å². The number of nitrogens with zero attached hydrogens (tertiary/aromatic N) is 1. The molecular formula is C40H49N9O9. The lowest BCUT2D eigenvalue weighted by Crippen LogP contribution is -2.60. The van der Waals surface area contributed by atoms with E-state index in [0.717, 1.165) is 10.9 Å². The minimum Gasteiger partial charge on any atom is -0.508 e. The van der Waals surface area contributed by atoms with Gasteiger partial charge >= 0.3 is 0 Å². The molecule has 0 aliphatic carbocycles. The normalized spacial score (nSPS) is 16.3. The predicted molar refractivity (Wildman–Crippen MR) is 210 cm³/mol. The second-order valence-electron chi connectivity index (χ2n) is 14.7. The maximum atomic E-state index is 14.1. The van der Waals surface area contributed by atoms with Gasteiger partial charge in [0.1, 0.15) is 42.2 Å². The number of hydrogen-bond acceptors (Lipinski definition) is 10. The van der Waals surface area contributed by atoms with Gasteiger partial charge in [-0.15, -0.1) is 0 Å². The monoisotopic (exact) mass is 799 g/mol. The second-order valence-corrected chi connectivity index (χ2v) is 14.7. The molecule has 1 aliphatic heterocycles. The van der Waals surface area contributed by atoms with Gasteiger partial charge in [0.2, 0.25) is 35.4 Å². The summed E-state index contributed by atoms with van der Waals surface area (Å²) < 4.78 is 0. The number of carbonyl (C=O) groups excluding carboxylic acids is 7. The number of phenols is 1. The smallest absolute Gasteiger partial charge is 0.245 e. The van der Waals surface area contributed by atoms with E-state index in [-0.39, 0.29) is 49.7 Å². The molecule has 0 radical (unpaired) electrons. The molecular weight excluding hydrogens is 750 g/mol. The van der Waals surface area contributed by atoms with Crippen LogP contribution < -0.4 is 31.9 Å². The van der Waals surface area contributed by atoms with E-state index < -0.39 is 72.4 Å². The van der Waals surface area contributed by atoms with Crippen molar-refractivity contribution in [3.05, 3.63) is 84.1 Å². The number of para-hydroxylation sites is 1. The summed E-state index contributed by atoms with van der Waals surface area (Å²) in [6.07, 6.45) is 5.71. The molecule has 6 amide bonds. The number of fused-ring (bicyclic) bond motifs is 1. The Morgan fingerprint density at radius 3 is 2.09 bits per heavy atom. The number of aliphatic hydroxyl groups excluding tert-OH is 1. The van der Waals surface area contributed by atoms with Gasteiger partial charge in [-0.25, -0.2) is 4.98 Å². The summed E-state index contributed by atoms with van der Waals surface area (Å²) in [6, 6.07) is 6.09. The molecule has 2 aromatic heterocycles. The van der Waals surface area contributed by atoms with E-state index in [0.29, 0.717) is 29.5 Å². The highest BCUT2D eigenvalue weighted by molar-refractivity contribution is 5.97. The Bertz CT molecular complexity index is 2070. The Kier molecular flexibility index (Phi) is 14.7. The van der Waals surface area contributed by atoms with Gasteiger partial charge in [-0.1, -0.05) is 44.2 Å². The Morgan fingerprint density at radius 1 is 0.828 bits per heavy atom. The first-order valence-corrected chi connectivity index (χ1v) is 19.0. The number of hydrogen-bond donors (Lipinski definition) is 10. The summed E-state index contributed by atoms with van der Waals surface area (Å²) >= 11 is 0. The molecule has 4 aromatic rings. The van der Waals surface area contributed by atoms with Gasteiger partial charge in [0, 0.05) is 54.7 Å². The fraction of sp³-hybridized carbons (Fsp3) is 0.400. The molecule has 0 unspecified atom stereocenters. The average Bonchev–Trinajstić information content (AvgIpc) is 3.98. The van der Waals surface area contributed by atoms with Crippen molar-refractivity contribution in [2.75, 3.05) is 6.61 Å². The summed E-state index contributed by atoms with van der Waals surface area (Å²) in [5.74, 6) is -4.06. The zero-order valence-corrected chi connectivity index (χ0v) is 32.1. The maximum Gasteiger partial charge on any atom is 0.245 e. The summed E-state index contributed by atoms with van der Waals surface area (Å²) in [5, 5.41) is 36.6. The molecule has 2 aromatic carbocycles. The third-order valence-corrected chi connectivity index (χ3v) is 9.70. The van der Waals surface area contributed by atoms with E-state index in [2.05, 4.69) is 46.9 Å². The summed E-state index contributed by atoms with van der Waals surface area (Å²) in [7, 11) is 0. The quantitative estimate of drug-likeness (QED) is 0.0515. The molecule has 0 spiro atoms. The molecule has 1 aliphatic rings. The standard InChI is InChI=1S/C40H49N9O9/c1-22(2)13-26(19-50)44-37(55)31(14-23-7-9-27(52)10-8-23)46-40(58)34(20-51)49-38(56)32(15-24-17-42-29-6-4-3-5-28(24)29)47-39(57)33(16-25-18-41-21-43-25)48-36(54)30-11-12-35(53)45-30/h3-10,17-19,21-22,26,30-34,42,51-52H,11-16,20H2,1-2H3,(H,41,43)(H,44,55)(H,45,53)(H,46,58)(H,47,57)(H,48,54)(H,49,56)/t26-,30+,31+,32+,33+,34+/m1/s1. The summed E-state index contributed by atoms with van der Waals surface area (Å²) in [5.41, 5.74) is 2.46. The zero-order chi connectivity index (χ0) is 41.8. The molecule has 58 heavy (non-hydrogen) atoms. The van der Waals surface area contributed by atoms with Crippen molar-refractivity contribution in [1.82, 2.24) is 46.9 Å². The highest BCUT2D eigenvalue weighted by Crippen LogP contribution is 2.20. The molecule has 3 heterocycles. The highest BCUT2D eigenvalue weighted by atomic mass is 16.3. The van der Waals surface area contributed by atoms with Gasteiger partial charge in [0.25, 0.3) is 0 Å². The average molecular weight is 800 g/mol. The van der Waals surface area contributed by atoms with E-state index in [1.807, 2.05) is 38.1 Å². The third kappa shape index (κ3) is 11.7. The fourth-order valence-corrected chi connectivity index (χ4v) is 6.67. The Morgan fingerprint density at radius 2 is 1.47 bits per heavy atom. The number of H-pyrrole nitrogens is 2. The van der Waals surface area contributed by atoms with Crippen LogP contribution in [0.25, 0.3) is 10.9 Å². The van der Waals surface area contributed by atoms with Crippen LogP contribution in [0.15, 0.2) is 67.3 Å². The van der Waals surface area contributed by atoms with E-state index in [1.54, 1.807) is 18.3 Å². The Hall–Kier alpha value is -6.56. The number of aldehydes is 1. The van der Waals surface area contributed by atoms with Crippen molar-refractivity contribution in [3.8, 4) is 5.75 Å². The largest absolute Gasteiger partial charge is 0.508 e. The van der Waals surface area contributed by atoms with Crippen LogP contribution in [0.3, 0.4) is 0 Å². The first-order chi connectivity index (χ1) is 27.8. The van der Waals surface area contributed by atoms with Crippen LogP contribution in [0.5, 0.6) is 5.75 Å². The molecule has 1 saturated heterocycles. The van der Waals surface area contributed by atoms with Crippen molar-refractivity contribution in [2.24, 2.45) is 5.92 Å². The molecule has 0 bridgehead atoms. The number of carbonyl (C=O) groups is 7. The van der Waals surface area contributed by atoms with Crippen LogP contribution in [-0.2, 0) is 52.8 Å². The SMILES string of the molecule is CC(C)C[C@H](C=O)NC(=O)[C@H](Cc1ccc(O)cc1)NC(=O)[C@H](CO)NC(=O)[C@H](Cc1c[nH]c2ccccc12)NC(=O)[C@H](Cc1cnc[nH]1)NC(=O)[C@@H]1CCC(=O)N1. The van der Waals surface area contributed by atoms with Crippen molar-refractivity contribution < 1.29 is 43.8 Å². The number of amides is 6. The first kappa shape index (κ1) is 42.6. The number of imidazole rings is 1. The first-order valence-electron chi connectivity index (χ1n) is 19.0. The number of aromatic hydroxyl groups is 1. The molecule has 10 N–H and O–H groups in total. The van der Waals surface area contributed by atoms with Gasteiger partial charge in [-0.2, -0.15) is 0 Å². The molecule has 18 heteroatoms. The van der Waals surface area contributed by atoms with Crippen molar-refractivity contribution in [3.63, 3.8) is 0 Å². The lowest BCUT2D eigenvalue weighted by atomic mass is 10.0. The van der Waals surface area contributed by atoms with Crippen LogP contribution in [0, 0.1) is 5.92 Å². The molecule has 0 saturated carbocycles. The minimum atomic E-state index is -1.60. The van der Waals surface area contributed by atoms with Crippen molar-refractivity contribution in [1.29, 1.82) is 0 Å². The van der Waals surface area contributed by atoms with Crippen LogP contribution in [0.4, 0.5) is 0 Å². The van der Waals surface area contributed by atoms with Gasteiger partial charge in [0.05, 0.1) is 19.0 Å². The number of phenolic OH excluding ortho intramolecular Hbond substituents is 1. The van der Waals surface area contributed by atoms with Crippen LogP contribution in [0.1, 0.15) is 49.9 Å². The summed E-state index contributed by atoms with van der Waals surface area (Å²) in [6.45, 7) is 2.87. The van der Waals surface area contributed by atoms with Gasteiger partial charge < -0.3 is 56.9 Å². The number of aliphatic hydroxyl groups is 1. The summed E-state index contributed by atoms with van der Waals surface area (Å²) in [4.78, 5) is 102. The molecule has 18 nitrogen and oxygen atoms in total. The third-order valence-electron chi connectivity index (χ3n) is 9.70. The Labute approximate surface area is 333 Å². The van der Waals surface area contributed by atoms with E-state index in [9.17, 15) is 43.8 Å². The lowest BCUT2D eigenvalue weighted by molar-refractivity contribution is -0.135. The molecule has 308 valence electrons. The highest BCUT2D eigenvalue weighted by Gasteiger charge is 2.34. The molecule has 5 rings (SSSR count). The number of rotatable bonds is 20. The molecule has 1 fully saturated rings. The van der Waals surface area contributed by atoms with Gasteiger partial charge in [-0.3, -0.25) is 28.8 Å². The van der Waals surface area contributed by atoms with E-state index in [4.69, 9.17) is 0 Å². The maximum absolute atomic E-state index is 14.1. The minimum absolute atomic E-state index is 0.0126. The van der Waals surface area contributed by atoms with Crippen LogP contribution in [-0.4, -0.2) is 110 Å². The number of aromatic nitrogens is 3. The van der Waals surface area contributed by atoms with E-state index in [1.165, 1.54) is 24.7 Å². The second kappa shape index (κ2) is 20.0. The van der Waals surface area contributed by atoms with Gasteiger partial charge in [-0.05, 0) is 48.1 Å². The predicted octanol–water partition coefficient (Wildman–Crippen LogP) is -0.436. The van der Waals surface area contributed by atoms with Crippen molar-refractivity contribution in [2.45, 2.75) is 88.6 Å². The van der Waals surface area contributed by atoms with Crippen LogP contribution in [0.2, 0.25) is 0 Å². The van der Waals surface area contributed by atoms with Crippen LogP contribution >= 0.6 is 0 Å². The Balaban J connectivity index is 1.37. The number of nitrogens with one attached hydrogen (secondary N) is 8.